The molecule has 2 heterocycles. The van der Waals surface area contributed by atoms with Crippen LogP contribution >= 0.6 is 0 Å². The van der Waals surface area contributed by atoms with E-state index in [1.165, 1.54) is 15.6 Å². The number of nitrogens with zero attached hydrogens (tertiary/aromatic N) is 3. The molecule has 194 valence electrons. The normalized spacial score (nSPS) is 16.8. The maximum Gasteiger partial charge on any atom is 0.272 e. The van der Waals surface area contributed by atoms with Gasteiger partial charge in [-0.05, 0) is 50.5 Å². The third-order valence-electron chi connectivity index (χ3n) is 6.73. The molecule has 1 aliphatic heterocycles. The zero-order valence-corrected chi connectivity index (χ0v) is 21.7. The fraction of sp³-hybridized carbons (Fsp3) is 0.357. The summed E-state index contributed by atoms with van der Waals surface area (Å²) in [4.78, 5) is 40.4. The van der Waals surface area contributed by atoms with Crippen molar-refractivity contribution in [2.45, 2.75) is 45.8 Å². The van der Waals surface area contributed by atoms with Gasteiger partial charge in [-0.1, -0.05) is 42.0 Å². The third-order valence-corrected chi connectivity index (χ3v) is 6.73. The molecule has 9 nitrogen and oxygen atoms in total. The molecular weight excluding hydrogens is 470 g/mol. The number of ether oxygens (including phenoxy) is 1. The molecule has 0 spiro atoms. The lowest BCUT2D eigenvalue weighted by Crippen LogP contribution is -2.62. The van der Waals surface area contributed by atoms with E-state index < -0.39 is 5.54 Å². The van der Waals surface area contributed by atoms with Crippen molar-refractivity contribution in [1.29, 1.82) is 0 Å². The maximum atomic E-state index is 13.2. The highest BCUT2D eigenvalue weighted by Crippen LogP contribution is 2.26. The van der Waals surface area contributed by atoms with E-state index in [1.807, 2.05) is 62.4 Å². The second-order valence-corrected chi connectivity index (χ2v) is 9.46. The Labute approximate surface area is 216 Å². The lowest BCUT2D eigenvalue weighted by molar-refractivity contribution is -0.132. The van der Waals surface area contributed by atoms with E-state index in [9.17, 15) is 14.4 Å². The molecule has 0 saturated carbocycles. The van der Waals surface area contributed by atoms with Gasteiger partial charge in [0.2, 0.25) is 5.91 Å². The SMILES string of the molecule is CCOc1ccc(CCNC(=O)c2cc3n(n2)CC(C)(C(=O)NCc2ccc(C)cc2)N(C)C3=O)cc1. The Hall–Kier alpha value is -4.14. The molecule has 0 fully saturated rings. The van der Waals surface area contributed by atoms with E-state index >= 15 is 0 Å². The average Bonchev–Trinajstić information content (AvgIpc) is 3.32. The summed E-state index contributed by atoms with van der Waals surface area (Å²) in [5, 5.41) is 10.2. The second-order valence-electron chi connectivity index (χ2n) is 9.46. The lowest BCUT2D eigenvalue weighted by atomic mass is 9.95. The molecule has 2 aromatic carbocycles. The molecule has 0 bridgehead atoms. The molecule has 1 unspecified atom stereocenters. The van der Waals surface area contributed by atoms with Crippen molar-refractivity contribution in [3.63, 3.8) is 0 Å². The quantitative estimate of drug-likeness (QED) is 0.467. The molecule has 0 radical (unpaired) electrons. The van der Waals surface area contributed by atoms with E-state index in [4.69, 9.17) is 4.74 Å². The zero-order chi connectivity index (χ0) is 26.6. The zero-order valence-electron chi connectivity index (χ0n) is 21.7. The summed E-state index contributed by atoms with van der Waals surface area (Å²) in [6.07, 6.45) is 0.645. The van der Waals surface area contributed by atoms with E-state index in [0.717, 1.165) is 22.4 Å². The largest absolute Gasteiger partial charge is 0.494 e. The van der Waals surface area contributed by atoms with Crippen LogP contribution < -0.4 is 15.4 Å². The molecule has 1 atom stereocenters. The van der Waals surface area contributed by atoms with E-state index in [-0.39, 0.29) is 35.7 Å². The van der Waals surface area contributed by atoms with Crippen LogP contribution in [0.4, 0.5) is 0 Å². The summed E-state index contributed by atoms with van der Waals surface area (Å²) >= 11 is 0. The van der Waals surface area contributed by atoms with Gasteiger partial charge in [0.1, 0.15) is 17.0 Å². The predicted octanol–water partition coefficient (Wildman–Crippen LogP) is 2.72. The van der Waals surface area contributed by atoms with E-state index in [1.54, 1.807) is 14.0 Å². The van der Waals surface area contributed by atoms with Gasteiger partial charge < -0.3 is 20.3 Å². The number of likely N-dealkylation sites (N-methyl/N-ethyl adjacent to an activating group) is 1. The Morgan fingerprint density at radius 2 is 1.73 bits per heavy atom. The Kier molecular flexibility index (Phi) is 7.61. The van der Waals surface area contributed by atoms with Gasteiger partial charge in [-0.25, -0.2) is 0 Å². The average molecular weight is 504 g/mol. The van der Waals surface area contributed by atoms with E-state index in [0.29, 0.717) is 26.1 Å². The summed E-state index contributed by atoms with van der Waals surface area (Å²) < 4.78 is 6.90. The number of rotatable bonds is 9. The van der Waals surface area contributed by atoms with Crippen LogP contribution in [0.5, 0.6) is 5.75 Å². The number of benzene rings is 2. The molecule has 0 aliphatic carbocycles. The highest BCUT2D eigenvalue weighted by molar-refractivity contribution is 6.01. The smallest absolute Gasteiger partial charge is 0.272 e. The van der Waals surface area contributed by atoms with Crippen LogP contribution in [0.3, 0.4) is 0 Å². The van der Waals surface area contributed by atoms with Crippen molar-refractivity contribution >= 4 is 17.7 Å². The van der Waals surface area contributed by atoms with Gasteiger partial charge in [-0.3, -0.25) is 19.1 Å². The Bertz CT molecular complexity index is 1280. The summed E-state index contributed by atoms with van der Waals surface area (Å²) in [6, 6.07) is 17.1. The number of carbonyl (C=O) groups is 3. The molecule has 3 amide bonds. The van der Waals surface area contributed by atoms with Crippen molar-refractivity contribution in [3.8, 4) is 5.75 Å². The summed E-state index contributed by atoms with van der Waals surface area (Å²) in [6.45, 7) is 7.17. The topological polar surface area (TPSA) is 106 Å². The van der Waals surface area contributed by atoms with Gasteiger partial charge in [-0.2, -0.15) is 5.10 Å². The number of aromatic nitrogens is 2. The summed E-state index contributed by atoms with van der Waals surface area (Å²) in [5.74, 6) is -0.204. The molecule has 3 aromatic rings. The number of hydrogen-bond donors (Lipinski definition) is 2. The van der Waals surface area contributed by atoms with Gasteiger partial charge in [0, 0.05) is 26.2 Å². The van der Waals surface area contributed by atoms with Crippen molar-refractivity contribution in [1.82, 2.24) is 25.3 Å². The first kappa shape index (κ1) is 25.9. The van der Waals surface area contributed by atoms with Crippen molar-refractivity contribution in [2.24, 2.45) is 0 Å². The van der Waals surface area contributed by atoms with Crippen LogP contribution in [-0.2, 0) is 24.3 Å². The van der Waals surface area contributed by atoms with Gasteiger partial charge in [-0.15, -0.1) is 0 Å². The van der Waals surface area contributed by atoms with Crippen molar-refractivity contribution in [2.75, 3.05) is 20.2 Å². The number of amides is 3. The molecule has 9 heteroatoms. The number of carbonyl (C=O) groups excluding carboxylic acids is 3. The highest BCUT2D eigenvalue weighted by Gasteiger charge is 2.46. The molecule has 2 N–H and O–H groups in total. The van der Waals surface area contributed by atoms with Crippen LogP contribution in [0.1, 0.15) is 51.5 Å². The predicted molar refractivity (Wildman–Crippen MR) is 139 cm³/mol. The summed E-state index contributed by atoms with van der Waals surface area (Å²) in [7, 11) is 1.60. The molecule has 37 heavy (non-hydrogen) atoms. The number of hydrogen-bond acceptors (Lipinski definition) is 5. The molecular formula is C28H33N5O4. The monoisotopic (exact) mass is 503 g/mol. The minimum absolute atomic E-state index is 0.143. The first-order valence-corrected chi connectivity index (χ1v) is 12.4. The van der Waals surface area contributed by atoms with Gasteiger partial charge >= 0.3 is 0 Å². The summed E-state index contributed by atoms with van der Waals surface area (Å²) in [5.41, 5.74) is 2.45. The van der Waals surface area contributed by atoms with Gasteiger partial charge in [0.15, 0.2) is 5.69 Å². The third kappa shape index (κ3) is 5.66. The number of nitrogens with one attached hydrogen (secondary N) is 2. The highest BCUT2D eigenvalue weighted by atomic mass is 16.5. The second kappa shape index (κ2) is 10.9. The first-order valence-electron chi connectivity index (χ1n) is 12.4. The molecule has 1 aliphatic rings. The van der Waals surface area contributed by atoms with Gasteiger partial charge in [0.05, 0.1) is 13.2 Å². The Morgan fingerprint density at radius 3 is 2.41 bits per heavy atom. The maximum absolute atomic E-state index is 13.2. The van der Waals surface area contributed by atoms with Crippen LogP contribution in [-0.4, -0.2) is 58.1 Å². The minimum Gasteiger partial charge on any atom is -0.494 e. The van der Waals surface area contributed by atoms with E-state index in [2.05, 4.69) is 15.7 Å². The Balaban J connectivity index is 1.38. The lowest BCUT2D eigenvalue weighted by Gasteiger charge is -2.40. The van der Waals surface area contributed by atoms with Gasteiger partial charge in [0.25, 0.3) is 11.8 Å². The van der Waals surface area contributed by atoms with Crippen LogP contribution in [0, 0.1) is 6.92 Å². The van der Waals surface area contributed by atoms with Crippen molar-refractivity contribution in [3.05, 3.63) is 82.7 Å². The molecule has 4 rings (SSSR count). The fourth-order valence-corrected chi connectivity index (χ4v) is 4.25. The standard InChI is InChI=1S/C28H33N5O4/c1-5-37-22-12-10-20(11-13-22)14-15-29-25(34)23-16-24-26(35)32(4)28(3,18-33(24)31-23)27(36)30-17-21-8-6-19(2)7-9-21/h6-13,16H,5,14-15,17-18H2,1-4H3,(H,29,34)(H,30,36). The van der Waals surface area contributed by atoms with Crippen LogP contribution in [0.15, 0.2) is 54.6 Å². The number of aryl methyl sites for hydroxylation is 1. The van der Waals surface area contributed by atoms with Crippen LogP contribution in [0.2, 0.25) is 0 Å². The van der Waals surface area contributed by atoms with Crippen LogP contribution in [0.25, 0.3) is 0 Å². The number of fused-ring (bicyclic) bond motifs is 1. The Morgan fingerprint density at radius 1 is 1.05 bits per heavy atom. The molecule has 0 saturated heterocycles. The molecule has 1 aromatic heterocycles. The minimum atomic E-state index is -1.15. The fourth-order valence-electron chi connectivity index (χ4n) is 4.25. The first-order chi connectivity index (χ1) is 17.7. The van der Waals surface area contributed by atoms with Crippen molar-refractivity contribution < 1.29 is 19.1 Å².